The van der Waals surface area contributed by atoms with Gasteiger partial charge in [0.25, 0.3) is 0 Å². The number of hydrogen-bond acceptors (Lipinski definition) is 6. The number of nitrogens with one attached hydrogen (secondary N) is 1. The minimum atomic E-state index is -3.74. The van der Waals surface area contributed by atoms with Crippen molar-refractivity contribution in [2.75, 3.05) is 29.6 Å². The maximum atomic E-state index is 12.9. The maximum absolute atomic E-state index is 12.9. The average Bonchev–Trinajstić information content (AvgIpc) is 2.71. The lowest BCUT2D eigenvalue weighted by Crippen LogP contribution is -2.47. The van der Waals surface area contributed by atoms with Gasteiger partial charge >= 0.3 is 5.97 Å². The first-order valence-electron chi connectivity index (χ1n) is 9.42. The summed E-state index contributed by atoms with van der Waals surface area (Å²) in [6.45, 7) is 3.71. The van der Waals surface area contributed by atoms with E-state index >= 15 is 0 Å². The summed E-state index contributed by atoms with van der Waals surface area (Å²) >= 11 is 0. The van der Waals surface area contributed by atoms with Crippen molar-refractivity contribution >= 4 is 33.3 Å². The summed E-state index contributed by atoms with van der Waals surface area (Å²) in [7, 11) is -2.23. The van der Waals surface area contributed by atoms with E-state index in [4.69, 9.17) is 9.47 Å². The molecule has 0 unspecified atom stereocenters. The molecule has 1 atom stereocenters. The standard InChI is InChI=1S/C21H26N2O6S/c1-5-19(23(30(4,26)27)17-11-13-18(28-3)14-12-17)20(24)22-16-9-7-15(8-10-16)21(25)29-6-2/h7-14,19H,5-6H2,1-4H3,(H,22,24)/t19-/m1/s1. The van der Waals surface area contributed by atoms with E-state index in [0.717, 1.165) is 10.6 Å². The quantitative estimate of drug-likeness (QED) is 0.609. The first kappa shape index (κ1) is 23.2. The molecule has 2 rings (SSSR count). The Bertz CT molecular complexity index is 972. The highest BCUT2D eigenvalue weighted by molar-refractivity contribution is 7.92. The number of esters is 1. The summed E-state index contributed by atoms with van der Waals surface area (Å²) in [6, 6.07) is 11.7. The zero-order valence-corrected chi connectivity index (χ0v) is 18.2. The average molecular weight is 435 g/mol. The van der Waals surface area contributed by atoms with Crippen molar-refractivity contribution in [1.82, 2.24) is 0 Å². The Labute approximate surface area is 176 Å². The molecule has 30 heavy (non-hydrogen) atoms. The van der Waals surface area contributed by atoms with Gasteiger partial charge in [0.15, 0.2) is 0 Å². The summed E-state index contributed by atoms with van der Waals surface area (Å²) in [5.74, 6) is -0.362. The van der Waals surface area contributed by atoms with Crippen LogP contribution in [-0.2, 0) is 19.6 Å². The van der Waals surface area contributed by atoms with E-state index in [0.29, 0.717) is 22.7 Å². The van der Waals surface area contributed by atoms with Gasteiger partial charge in [0.2, 0.25) is 15.9 Å². The van der Waals surface area contributed by atoms with Crippen LogP contribution in [0.3, 0.4) is 0 Å². The molecule has 162 valence electrons. The second-order valence-corrected chi connectivity index (χ2v) is 8.33. The van der Waals surface area contributed by atoms with Crippen molar-refractivity contribution in [2.24, 2.45) is 0 Å². The van der Waals surface area contributed by atoms with Crippen LogP contribution in [0.4, 0.5) is 11.4 Å². The Hall–Kier alpha value is -3.07. The van der Waals surface area contributed by atoms with Gasteiger partial charge < -0.3 is 14.8 Å². The molecule has 0 saturated heterocycles. The number of nitrogens with zero attached hydrogens (tertiary/aromatic N) is 1. The predicted molar refractivity (Wildman–Crippen MR) is 115 cm³/mol. The molecule has 0 aliphatic heterocycles. The van der Waals surface area contributed by atoms with Crippen LogP contribution < -0.4 is 14.4 Å². The van der Waals surface area contributed by atoms with Gasteiger partial charge in [0.1, 0.15) is 11.8 Å². The normalized spacial score (nSPS) is 12.0. The lowest BCUT2D eigenvalue weighted by Gasteiger charge is -2.30. The highest BCUT2D eigenvalue weighted by atomic mass is 32.2. The number of carbonyl (C=O) groups excluding carboxylic acids is 2. The number of benzene rings is 2. The van der Waals surface area contributed by atoms with Gasteiger partial charge in [-0.15, -0.1) is 0 Å². The number of hydrogen-bond donors (Lipinski definition) is 1. The number of anilines is 2. The molecule has 0 aromatic heterocycles. The zero-order chi connectivity index (χ0) is 22.3. The van der Waals surface area contributed by atoms with Crippen LogP contribution in [0.15, 0.2) is 48.5 Å². The number of methoxy groups -OCH3 is 1. The largest absolute Gasteiger partial charge is 0.497 e. The molecular formula is C21H26N2O6S. The van der Waals surface area contributed by atoms with Crippen molar-refractivity contribution < 1.29 is 27.5 Å². The molecule has 0 aliphatic carbocycles. The topological polar surface area (TPSA) is 102 Å². The highest BCUT2D eigenvalue weighted by Gasteiger charge is 2.31. The lowest BCUT2D eigenvalue weighted by molar-refractivity contribution is -0.117. The minimum absolute atomic E-state index is 0.256. The summed E-state index contributed by atoms with van der Waals surface area (Å²) < 4.78 is 36.1. The Morgan fingerprint density at radius 2 is 1.63 bits per heavy atom. The lowest BCUT2D eigenvalue weighted by atomic mass is 10.1. The van der Waals surface area contributed by atoms with E-state index in [1.54, 1.807) is 50.2 Å². The van der Waals surface area contributed by atoms with E-state index in [1.807, 2.05) is 0 Å². The molecule has 1 amide bonds. The SMILES string of the molecule is CCOC(=O)c1ccc(NC(=O)[C@@H](CC)N(c2ccc(OC)cc2)S(C)(=O)=O)cc1. The second-order valence-electron chi connectivity index (χ2n) is 6.47. The maximum Gasteiger partial charge on any atom is 0.338 e. The third-order valence-corrected chi connectivity index (χ3v) is 5.50. The van der Waals surface area contributed by atoms with Gasteiger partial charge in [-0.1, -0.05) is 6.92 Å². The fraction of sp³-hybridized carbons (Fsp3) is 0.333. The van der Waals surface area contributed by atoms with Gasteiger partial charge in [-0.25, -0.2) is 13.2 Å². The van der Waals surface area contributed by atoms with Gasteiger partial charge in [-0.3, -0.25) is 9.10 Å². The highest BCUT2D eigenvalue weighted by Crippen LogP contribution is 2.25. The van der Waals surface area contributed by atoms with Crippen LogP contribution >= 0.6 is 0 Å². The first-order valence-corrected chi connectivity index (χ1v) is 11.3. The molecule has 1 N–H and O–H groups in total. The Morgan fingerprint density at radius 3 is 2.10 bits per heavy atom. The minimum Gasteiger partial charge on any atom is -0.497 e. The molecule has 0 bridgehead atoms. The van der Waals surface area contributed by atoms with Crippen molar-refractivity contribution in [2.45, 2.75) is 26.3 Å². The molecule has 2 aromatic rings. The molecule has 0 spiro atoms. The van der Waals surface area contributed by atoms with Crippen LogP contribution in [-0.4, -0.2) is 46.3 Å². The zero-order valence-electron chi connectivity index (χ0n) is 17.4. The molecule has 0 aliphatic rings. The first-order chi connectivity index (χ1) is 14.2. The smallest absolute Gasteiger partial charge is 0.338 e. The van der Waals surface area contributed by atoms with Crippen molar-refractivity contribution in [3.63, 3.8) is 0 Å². The van der Waals surface area contributed by atoms with Crippen LogP contribution in [0.1, 0.15) is 30.6 Å². The van der Waals surface area contributed by atoms with E-state index < -0.39 is 27.9 Å². The number of carbonyl (C=O) groups is 2. The summed E-state index contributed by atoms with van der Waals surface area (Å²) in [5, 5.41) is 2.71. The van der Waals surface area contributed by atoms with E-state index in [-0.39, 0.29) is 13.0 Å². The van der Waals surface area contributed by atoms with Gasteiger partial charge in [0, 0.05) is 5.69 Å². The van der Waals surface area contributed by atoms with Crippen molar-refractivity contribution in [3.05, 3.63) is 54.1 Å². The van der Waals surface area contributed by atoms with Gasteiger partial charge in [-0.05, 0) is 61.9 Å². The van der Waals surface area contributed by atoms with E-state index in [2.05, 4.69) is 5.32 Å². The van der Waals surface area contributed by atoms with Gasteiger partial charge in [0.05, 0.1) is 31.2 Å². The molecule has 0 saturated carbocycles. The van der Waals surface area contributed by atoms with Crippen LogP contribution in [0.5, 0.6) is 5.75 Å². The molecule has 2 aromatic carbocycles. The predicted octanol–water partition coefficient (Wildman–Crippen LogP) is 3.06. The molecule has 8 nitrogen and oxygen atoms in total. The van der Waals surface area contributed by atoms with E-state index in [1.165, 1.54) is 19.2 Å². The Morgan fingerprint density at radius 1 is 1.03 bits per heavy atom. The molecule has 9 heteroatoms. The monoisotopic (exact) mass is 434 g/mol. The molecular weight excluding hydrogens is 408 g/mol. The summed E-state index contributed by atoms with van der Waals surface area (Å²) in [5.41, 5.74) is 1.16. The number of sulfonamides is 1. The fourth-order valence-electron chi connectivity index (χ4n) is 2.92. The third-order valence-electron chi connectivity index (χ3n) is 4.32. The third kappa shape index (κ3) is 5.73. The van der Waals surface area contributed by atoms with Crippen LogP contribution in [0, 0.1) is 0 Å². The number of ether oxygens (including phenoxy) is 2. The van der Waals surface area contributed by atoms with Crippen molar-refractivity contribution in [1.29, 1.82) is 0 Å². The number of rotatable bonds is 9. The Balaban J connectivity index is 2.26. The fourth-order valence-corrected chi connectivity index (χ4v) is 4.13. The molecule has 0 heterocycles. The molecule has 0 radical (unpaired) electrons. The van der Waals surface area contributed by atoms with Crippen LogP contribution in [0.25, 0.3) is 0 Å². The van der Waals surface area contributed by atoms with Crippen LogP contribution in [0.2, 0.25) is 0 Å². The second kappa shape index (κ2) is 10.1. The number of amides is 1. The Kier molecular flexibility index (Phi) is 7.82. The summed E-state index contributed by atoms with van der Waals surface area (Å²) in [6.07, 6.45) is 1.31. The van der Waals surface area contributed by atoms with E-state index in [9.17, 15) is 18.0 Å². The van der Waals surface area contributed by atoms with Gasteiger partial charge in [-0.2, -0.15) is 0 Å². The summed E-state index contributed by atoms with van der Waals surface area (Å²) in [4.78, 5) is 24.7. The molecule has 0 fully saturated rings. The van der Waals surface area contributed by atoms with Crippen molar-refractivity contribution in [3.8, 4) is 5.75 Å².